The number of hydrogen-bond acceptors (Lipinski definition) is 6. The maximum Gasteiger partial charge on any atom is 0.227 e. The summed E-state index contributed by atoms with van der Waals surface area (Å²) in [7, 11) is 2.06. The van der Waals surface area contributed by atoms with Crippen LogP contribution in [0.4, 0.5) is 5.95 Å². The highest BCUT2D eigenvalue weighted by Crippen LogP contribution is 2.32. The Morgan fingerprint density at radius 3 is 3.12 bits per heavy atom. The van der Waals surface area contributed by atoms with Crippen LogP contribution in [-0.4, -0.2) is 41.2 Å². The van der Waals surface area contributed by atoms with Crippen molar-refractivity contribution in [2.24, 2.45) is 0 Å². The van der Waals surface area contributed by atoms with E-state index in [1.165, 1.54) is 10.4 Å². The highest BCUT2D eigenvalue weighted by atomic mass is 32.2. The molecule has 7 heteroatoms. The fourth-order valence-electron chi connectivity index (χ4n) is 2.98. The molecule has 1 aliphatic heterocycles. The molecule has 0 radical (unpaired) electrons. The minimum absolute atomic E-state index is 0.101. The van der Waals surface area contributed by atoms with Gasteiger partial charge in [-0.05, 0) is 30.2 Å². The molecule has 24 heavy (non-hydrogen) atoms. The molecule has 1 aliphatic rings. The van der Waals surface area contributed by atoms with E-state index in [0.717, 1.165) is 49.2 Å². The first-order valence-electron chi connectivity index (χ1n) is 8.04. The summed E-state index contributed by atoms with van der Waals surface area (Å²) < 4.78 is 8.18. The second-order valence-corrected chi connectivity index (χ2v) is 8.05. The Hall–Kier alpha value is -1.31. The maximum atomic E-state index is 6.02. The number of nitrogens with zero attached hydrogens (tertiary/aromatic N) is 4. The van der Waals surface area contributed by atoms with E-state index in [2.05, 4.69) is 51.0 Å². The van der Waals surface area contributed by atoms with E-state index in [4.69, 9.17) is 4.74 Å². The zero-order valence-electron chi connectivity index (χ0n) is 14.5. The van der Waals surface area contributed by atoms with Gasteiger partial charge in [0.2, 0.25) is 5.95 Å². The first-order valence-corrected chi connectivity index (χ1v) is 10.3. The van der Waals surface area contributed by atoms with Crippen LogP contribution < -0.4 is 4.90 Å². The van der Waals surface area contributed by atoms with E-state index in [0.29, 0.717) is 0 Å². The largest absolute Gasteiger partial charge is 0.371 e. The number of thiophene rings is 1. The highest BCUT2D eigenvalue weighted by Gasteiger charge is 2.25. The summed E-state index contributed by atoms with van der Waals surface area (Å²) in [6.45, 7) is 8.40. The lowest BCUT2D eigenvalue weighted by Gasteiger charge is -2.28. The van der Waals surface area contributed by atoms with E-state index in [1.54, 1.807) is 11.8 Å². The Labute approximate surface area is 151 Å². The average molecular weight is 365 g/mol. The molecule has 0 N–H and O–H groups in total. The zero-order valence-corrected chi connectivity index (χ0v) is 16.1. The van der Waals surface area contributed by atoms with Crippen LogP contribution in [0.15, 0.2) is 23.6 Å². The van der Waals surface area contributed by atoms with Crippen molar-refractivity contribution in [3.05, 3.63) is 39.9 Å². The second kappa shape index (κ2) is 7.72. The number of rotatable bonds is 7. The Bertz CT molecular complexity index is 709. The van der Waals surface area contributed by atoms with Crippen LogP contribution in [0.1, 0.15) is 29.3 Å². The number of ether oxygens (including phenoxy) is 1. The van der Waals surface area contributed by atoms with Gasteiger partial charge in [-0.2, -0.15) is 11.8 Å². The van der Waals surface area contributed by atoms with Crippen molar-refractivity contribution in [2.45, 2.75) is 31.7 Å². The normalized spacial score (nSPS) is 16.9. The molecule has 3 heterocycles. The summed E-state index contributed by atoms with van der Waals surface area (Å²) in [6.07, 6.45) is 3.21. The number of anilines is 1. The third-order valence-electron chi connectivity index (χ3n) is 4.07. The monoisotopic (exact) mass is 364 g/mol. The Morgan fingerprint density at radius 1 is 1.54 bits per heavy atom. The fraction of sp³-hybridized carbons (Fsp3) is 0.529. The Kier molecular flexibility index (Phi) is 5.63. The van der Waals surface area contributed by atoms with Gasteiger partial charge in [0.1, 0.15) is 11.9 Å². The van der Waals surface area contributed by atoms with Crippen molar-refractivity contribution >= 4 is 29.0 Å². The first kappa shape index (κ1) is 17.5. The number of likely N-dealkylation sites (N-methyl/N-ethyl adjacent to an activating group) is 1. The molecule has 0 amide bonds. The van der Waals surface area contributed by atoms with E-state index >= 15 is 0 Å². The van der Waals surface area contributed by atoms with Gasteiger partial charge in [0.25, 0.3) is 0 Å². The molecular weight excluding hydrogens is 340 g/mol. The number of allylic oxidation sites excluding steroid dienone is 1. The molecule has 130 valence electrons. The first-order chi connectivity index (χ1) is 11.6. The summed E-state index contributed by atoms with van der Waals surface area (Å²) in [6, 6.07) is 2.19. The molecule has 0 saturated heterocycles. The molecule has 0 spiro atoms. The standard InChI is InChI=1S/C17H24N4OS2/c1-12(2)9-21-16(11-23-4)18-19-17(21)20(3)10-14-13-6-8-24-15(13)5-7-22-14/h6,8,14H,1,5,7,9-11H2,2-4H3. The van der Waals surface area contributed by atoms with Crippen molar-refractivity contribution in [3.8, 4) is 0 Å². The zero-order chi connectivity index (χ0) is 17.1. The number of thioether (sulfide) groups is 1. The van der Waals surface area contributed by atoms with Crippen LogP contribution >= 0.6 is 23.1 Å². The van der Waals surface area contributed by atoms with Crippen LogP contribution in [-0.2, 0) is 23.5 Å². The van der Waals surface area contributed by atoms with Gasteiger partial charge in [0, 0.05) is 24.9 Å². The molecule has 0 bridgehead atoms. The van der Waals surface area contributed by atoms with E-state index in [1.807, 2.05) is 18.3 Å². The van der Waals surface area contributed by atoms with Crippen LogP contribution in [0.25, 0.3) is 0 Å². The number of fused-ring (bicyclic) bond motifs is 1. The van der Waals surface area contributed by atoms with Crippen LogP contribution in [0, 0.1) is 0 Å². The molecule has 0 aromatic carbocycles. The van der Waals surface area contributed by atoms with Crippen molar-refractivity contribution in [1.82, 2.24) is 14.8 Å². The molecule has 5 nitrogen and oxygen atoms in total. The summed E-state index contributed by atoms with van der Waals surface area (Å²) in [5.41, 5.74) is 2.43. The van der Waals surface area contributed by atoms with Gasteiger partial charge in [0.05, 0.1) is 18.9 Å². The quantitative estimate of drug-likeness (QED) is 0.703. The number of aromatic nitrogens is 3. The van der Waals surface area contributed by atoms with Crippen molar-refractivity contribution < 1.29 is 4.74 Å². The summed E-state index contributed by atoms with van der Waals surface area (Å²) in [5, 5.41) is 11.0. The van der Waals surface area contributed by atoms with Gasteiger partial charge < -0.3 is 9.64 Å². The molecule has 1 atom stereocenters. The Morgan fingerprint density at radius 2 is 2.38 bits per heavy atom. The van der Waals surface area contributed by atoms with E-state index in [9.17, 15) is 0 Å². The average Bonchev–Trinajstić information content (AvgIpc) is 3.15. The predicted octanol–water partition coefficient (Wildman–Crippen LogP) is 3.53. The molecule has 2 aromatic heterocycles. The molecule has 0 aliphatic carbocycles. The lowest BCUT2D eigenvalue weighted by atomic mass is 10.1. The predicted molar refractivity (Wildman–Crippen MR) is 102 cm³/mol. The van der Waals surface area contributed by atoms with Gasteiger partial charge in [-0.25, -0.2) is 0 Å². The molecule has 3 rings (SSSR count). The molecule has 1 unspecified atom stereocenters. The second-order valence-electron chi connectivity index (χ2n) is 6.18. The number of hydrogen-bond donors (Lipinski definition) is 0. The fourth-order valence-corrected chi connectivity index (χ4v) is 4.37. The molecular formula is C17H24N4OS2. The van der Waals surface area contributed by atoms with Crippen molar-refractivity contribution in [3.63, 3.8) is 0 Å². The topological polar surface area (TPSA) is 43.2 Å². The molecule has 0 fully saturated rings. The summed E-state index contributed by atoms with van der Waals surface area (Å²) in [4.78, 5) is 3.60. The molecule has 2 aromatic rings. The van der Waals surface area contributed by atoms with Gasteiger partial charge >= 0.3 is 0 Å². The lowest BCUT2D eigenvalue weighted by Crippen LogP contribution is -2.30. The lowest BCUT2D eigenvalue weighted by molar-refractivity contribution is 0.0488. The van der Waals surface area contributed by atoms with Crippen molar-refractivity contribution in [1.29, 1.82) is 0 Å². The maximum absolute atomic E-state index is 6.02. The third-order valence-corrected chi connectivity index (χ3v) is 5.61. The minimum Gasteiger partial charge on any atom is -0.371 e. The van der Waals surface area contributed by atoms with Crippen LogP contribution in [0.5, 0.6) is 0 Å². The SMILES string of the molecule is C=C(C)Cn1c(CSC)nnc1N(C)CC1OCCc2sccc21. The van der Waals surface area contributed by atoms with Gasteiger partial charge in [0.15, 0.2) is 0 Å². The van der Waals surface area contributed by atoms with Gasteiger partial charge in [-0.15, -0.1) is 21.5 Å². The molecule has 0 saturated carbocycles. The smallest absolute Gasteiger partial charge is 0.227 e. The van der Waals surface area contributed by atoms with Crippen LogP contribution in [0.3, 0.4) is 0 Å². The minimum atomic E-state index is 0.101. The van der Waals surface area contributed by atoms with Gasteiger partial charge in [-0.3, -0.25) is 4.57 Å². The van der Waals surface area contributed by atoms with Crippen molar-refractivity contribution in [2.75, 3.05) is 31.4 Å². The van der Waals surface area contributed by atoms with E-state index in [-0.39, 0.29) is 6.10 Å². The van der Waals surface area contributed by atoms with E-state index < -0.39 is 0 Å². The van der Waals surface area contributed by atoms with Gasteiger partial charge in [-0.1, -0.05) is 12.2 Å². The Balaban J connectivity index is 1.80. The highest BCUT2D eigenvalue weighted by molar-refractivity contribution is 7.97. The van der Waals surface area contributed by atoms with Crippen LogP contribution in [0.2, 0.25) is 0 Å². The summed E-state index contributed by atoms with van der Waals surface area (Å²) in [5.74, 6) is 2.73. The summed E-state index contributed by atoms with van der Waals surface area (Å²) >= 11 is 3.58. The third kappa shape index (κ3) is 3.68.